The number of thiol groups is 1. The van der Waals surface area contributed by atoms with Gasteiger partial charge in [-0.25, -0.2) is 0 Å². The minimum Gasteiger partial charge on any atom is -0.268 e. The molecule has 0 spiro atoms. The van der Waals surface area contributed by atoms with Gasteiger partial charge >= 0.3 is 0 Å². The Morgan fingerprint density at radius 1 is 1.00 bits per heavy atom. The second-order valence-electron chi connectivity index (χ2n) is 3.43. The Labute approximate surface area is 110 Å². The highest BCUT2D eigenvalue weighted by Crippen LogP contribution is 2.27. The molecule has 0 aliphatic carbocycles. The van der Waals surface area contributed by atoms with Gasteiger partial charge < -0.3 is 0 Å². The van der Waals surface area contributed by atoms with Crippen LogP contribution in [0.5, 0.6) is 0 Å². The number of hydrogen-bond acceptors (Lipinski definition) is 2. The number of anilines is 1. The van der Waals surface area contributed by atoms with Crippen molar-refractivity contribution in [2.75, 3.05) is 4.31 Å². The molecule has 0 aliphatic heterocycles. The van der Waals surface area contributed by atoms with Crippen LogP contribution in [0.25, 0.3) is 0 Å². The number of amides is 1. The maximum absolute atomic E-state index is 12.1. The third kappa shape index (κ3) is 2.62. The predicted octanol–water partition coefficient (Wildman–Crippen LogP) is 3.83. The van der Waals surface area contributed by atoms with Gasteiger partial charge in [0.2, 0.25) is 0 Å². The third-order valence-electron chi connectivity index (χ3n) is 2.29. The fraction of sp³-hybridized carbons (Fsp3) is 0. The summed E-state index contributed by atoms with van der Waals surface area (Å²) >= 11 is 10.2. The van der Waals surface area contributed by atoms with E-state index in [1.807, 2.05) is 12.1 Å². The van der Waals surface area contributed by atoms with E-state index < -0.39 is 0 Å². The van der Waals surface area contributed by atoms with E-state index in [0.29, 0.717) is 16.3 Å². The summed E-state index contributed by atoms with van der Waals surface area (Å²) in [5, 5.41) is 0.492. The van der Waals surface area contributed by atoms with E-state index in [-0.39, 0.29) is 5.91 Å². The van der Waals surface area contributed by atoms with Crippen molar-refractivity contribution in [3.05, 3.63) is 65.2 Å². The predicted molar refractivity (Wildman–Crippen MR) is 73.7 cm³/mol. The van der Waals surface area contributed by atoms with Crippen molar-refractivity contribution in [2.24, 2.45) is 0 Å². The number of benzene rings is 2. The van der Waals surface area contributed by atoms with Gasteiger partial charge in [-0.2, -0.15) is 0 Å². The summed E-state index contributed by atoms with van der Waals surface area (Å²) in [6, 6.07) is 16.0. The fourth-order valence-corrected chi connectivity index (χ4v) is 2.00. The van der Waals surface area contributed by atoms with E-state index in [0.717, 1.165) is 0 Å². The van der Waals surface area contributed by atoms with Gasteiger partial charge in [0.05, 0.1) is 10.7 Å². The summed E-state index contributed by atoms with van der Waals surface area (Å²) in [5.41, 5.74) is 1.15. The van der Waals surface area contributed by atoms with Gasteiger partial charge in [-0.05, 0) is 24.3 Å². The van der Waals surface area contributed by atoms with Crippen LogP contribution >= 0.6 is 24.4 Å². The largest absolute Gasteiger partial charge is 0.268 e. The average Bonchev–Trinajstić information content (AvgIpc) is 2.39. The lowest BCUT2D eigenvalue weighted by Crippen LogP contribution is -2.20. The average molecular weight is 264 g/mol. The molecular formula is C13H10ClNOS. The van der Waals surface area contributed by atoms with Crippen LogP contribution < -0.4 is 4.31 Å². The van der Waals surface area contributed by atoms with Gasteiger partial charge in [0.15, 0.2) is 0 Å². The second-order valence-corrected chi connectivity index (χ2v) is 4.24. The minimum atomic E-state index is -0.206. The molecule has 2 aromatic carbocycles. The lowest BCUT2D eigenvalue weighted by Gasteiger charge is -2.16. The monoisotopic (exact) mass is 263 g/mol. The Bertz CT molecular complexity index is 530. The molecule has 2 nitrogen and oxygen atoms in total. The first-order valence-corrected chi connectivity index (χ1v) is 5.81. The maximum atomic E-state index is 12.1. The molecule has 0 radical (unpaired) electrons. The molecule has 0 atom stereocenters. The van der Waals surface area contributed by atoms with Gasteiger partial charge in [-0.1, -0.05) is 54.7 Å². The first-order valence-electron chi connectivity index (χ1n) is 5.03. The molecule has 0 heterocycles. The lowest BCUT2D eigenvalue weighted by molar-refractivity contribution is 0.101. The standard InChI is InChI=1S/C13H10ClNOS/c14-11-8-4-5-9-12(11)15(17)13(16)10-6-2-1-3-7-10/h1-9,17H. The summed E-state index contributed by atoms with van der Waals surface area (Å²) in [5.74, 6) is -0.206. The highest BCUT2D eigenvalue weighted by atomic mass is 35.5. The van der Waals surface area contributed by atoms with Crippen molar-refractivity contribution in [2.45, 2.75) is 0 Å². The van der Waals surface area contributed by atoms with E-state index in [4.69, 9.17) is 11.6 Å². The Hall–Kier alpha value is -1.45. The van der Waals surface area contributed by atoms with Crippen molar-refractivity contribution in [1.29, 1.82) is 0 Å². The van der Waals surface area contributed by atoms with E-state index >= 15 is 0 Å². The first-order chi connectivity index (χ1) is 8.20. The molecule has 2 rings (SSSR count). The molecular weight excluding hydrogens is 254 g/mol. The SMILES string of the molecule is O=C(c1ccccc1)N(S)c1ccccc1Cl. The van der Waals surface area contributed by atoms with Crippen molar-refractivity contribution >= 4 is 36.0 Å². The van der Waals surface area contributed by atoms with Gasteiger partial charge in [0.25, 0.3) is 5.91 Å². The van der Waals surface area contributed by atoms with Gasteiger partial charge in [-0.3, -0.25) is 9.10 Å². The van der Waals surface area contributed by atoms with Crippen LogP contribution in [-0.4, -0.2) is 5.91 Å². The Morgan fingerprint density at radius 2 is 1.59 bits per heavy atom. The summed E-state index contributed by atoms with van der Waals surface area (Å²) in [7, 11) is 0. The molecule has 4 heteroatoms. The quantitative estimate of drug-likeness (QED) is 0.817. The molecule has 0 aromatic heterocycles. The molecule has 0 saturated carbocycles. The fourth-order valence-electron chi connectivity index (χ4n) is 1.44. The molecule has 0 aliphatic rings. The molecule has 0 saturated heterocycles. The normalized spacial score (nSPS) is 10.0. The second kappa shape index (κ2) is 5.25. The molecule has 1 amide bonds. The number of carbonyl (C=O) groups is 1. The summed E-state index contributed by atoms with van der Waals surface area (Å²) < 4.78 is 1.25. The number of halogens is 1. The van der Waals surface area contributed by atoms with Crippen LogP contribution in [0.3, 0.4) is 0 Å². The number of hydrogen-bond donors (Lipinski definition) is 1. The summed E-state index contributed by atoms with van der Waals surface area (Å²) in [6.07, 6.45) is 0. The van der Waals surface area contributed by atoms with Crippen LogP contribution in [0.2, 0.25) is 5.02 Å². The first kappa shape index (κ1) is 12.0. The summed E-state index contributed by atoms with van der Waals surface area (Å²) in [4.78, 5) is 12.1. The molecule has 0 fully saturated rings. The zero-order valence-corrected chi connectivity index (χ0v) is 10.5. The van der Waals surface area contributed by atoms with E-state index in [1.165, 1.54) is 4.31 Å². The molecule has 2 aromatic rings. The molecule has 0 unspecified atom stereocenters. The molecule has 0 N–H and O–H groups in total. The van der Waals surface area contributed by atoms with Crippen molar-refractivity contribution in [3.8, 4) is 0 Å². The Kier molecular flexibility index (Phi) is 3.71. The zero-order valence-electron chi connectivity index (χ0n) is 8.88. The molecule has 0 bridgehead atoms. The Morgan fingerprint density at radius 3 is 2.24 bits per heavy atom. The van der Waals surface area contributed by atoms with E-state index in [2.05, 4.69) is 12.8 Å². The molecule has 86 valence electrons. The highest BCUT2D eigenvalue weighted by molar-refractivity contribution is 7.82. The van der Waals surface area contributed by atoms with Gasteiger partial charge in [-0.15, -0.1) is 0 Å². The number of para-hydroxylation sites is 1. The van der Waals surface area contributed by atoms with Crippen molar-refractivity contribution in [3.63, 3.8) is 0 Å². The number of nitrogens with zero attached hydrogens (tertiary/aromatic N) is 1. The van der Waals surface area contributed by atoms with Crippen molar-refractivity contribution < 1.29 is 4.79 Å². The lowest BCUT2D eigenvalue weighted by atomic mass is 10.2. The summed E-state index contributed by atoms with van der Waals surface area (Å²) in [6.45, 7) is 0. The smallest absolute Gasteiger partial charge is 0.268 e. The van der Waals surface area contributed by atoms with Crippen LogP contribution in [0.1, 0.15) is 10.4 Å². The topological polar surface area (TPSA) is 20.3 Å². The molecule has 17 heavy (non-hydrogen) atoms. The zero-order chi connectivity index (χ0) is 12.3. The third-order valence-corrected chi connectivity index (χ3v) is 3.01. The highest BCUT2D eigenvalue weighted by Gasteiger charge is 2.15. The Balaban J connectivity index is 2.30. The maximum Gasteiger partial charge on any atom is 0.268 e. The minimum absolute atomic E-state index is 0.206. The van der Waals surface area contributed by atoms with Crippen LogP contribution in [0, 0.1) is 0 Å². The van der Waals surface area contributed by atoms with Gasteiger partial charge in [0.1, 0.15) is 0 Å². The van der Waals surface area contributed by atoms with Crippen LogP contribution in [-0.2, 0) is 0 Å². The van der Waals surface area contributed by atoms with Gasteiger partial charge in [0, 0.05) is 5.56 Å². The van der Waals surface area contributed by atoms with E-state index in [9.17, 15) is 4.79 Å². The number of rotatable bonds is 2. The van der Waals surface area contributed by atoms with Crippen LogP contribution in [0.4, 0.5) is 5.69 Å². The van der Waals surface area contributed by atoms with Crippen LogP contribution in [0.15, 0.2) is 54.6 Å². The van der Waals surface area contributed by atoms with E-state index in [1.54, 1.807) is 42.5 Å². The number of carbonyl (C=O) groups excluding carboxylic acids is 1. The van der Waals surface area contributed by atoms with Crippen molar-refractivity contribution in [1.82, 2.24) is 0 Å².